The molecule has 1 aromatic carbocycles. The van der Waals surface area contributed by atoms with Crippen LogP contribution >= 0.6 is 0 Å². The van der Waals surface area contributed by atoms with E-state index in [2.05, 4.69) is 5.32 Å². The summed E-state index contributed by atoms with van der Waals surface area (Å²) < 4.78 is 0. The maximum atomic E-state index is 12.0. The van der Waals surface area contributed by atoms with Crippen molar-refractivity contribution in [2.75, 3.05) is 0 Å². The normalized spacial score (nSPS) is 17.2. The largest absolute Gasteiger partial charge is 0.478 e. The number of aromatic carboxylic acids is 1. The smallest absolute Gasteiger partial charge is 0.335 e. The number of carboxylic acids is 1. The van der Waals surface area contributed by atoms with Crippen LogP contribution in [0.3, 0.4) is 0 Å². The molecule has 1 fully saturated rings. The van der Waals surface area contributed by atoms with Gasteiger partial charge in [-0.05, 0) is 30.5 Å². The highest BCUT2D eigenvalue weighted by Crippen LogP contribution is 2.28. The van der Waals surface area contributed by atoms with E-state index in [1.165, 1.54) is 12.5 Å². The SMILES string of the molecule is NC1(CC(=O)NCc2cccc(C(=O)O)c2)CCCCC1. The summed E-state index contributed by atoms with van der Waals surface area (Å²) in [6.45, 7) is 0.329. The van der Waals surface area contributed by atoms with Gasteiger partial charge in [0.25, 0.3) is 0 Å². The molecule has 1 amide bonds. The Kier molecular flexibility index (Phi) is 4.96. The molecule has 1 aliphatic rings. The van der Waals surface area contributed by atoms with E-state index in [-0.39, 0.29) is 17.0 Å². The third-order valence-electron chi connectivity index (χ3n) is 4.03. The van der Waals surface area contributed by atoms with Gasteiger partial charge in [0.15, 0.2) is 0 Å². The highest BCUT2D eigenvalue weighted by molar-refractivity contribution is 5.87. The van der Waals surface area contributed by atoms with E-state index in [1.54, 1.807) is 18.2 Å². The van der Waals surface area contributed by atoms with Gasteiger partial charge in [0.1, 0.15) is 0 Å². The quantitative estimate of drug-likeness (QED) is 0.774. The van der Waals surface area contributed by atoms with Crippen molar-refractivity contribution in [1.82, 2.24) is 5.32 Å². The molecule has 5 heteroatoms. The van der Waals surface area contributed by atoms with Gasteiger partial charge in [-0.2, -0.15) is 0 Å². The summed E-state index contributed by atoms with van der Waals surface area (Å²) in [5.41, 5.74) is 6.89. The van der Waals surface area contributed by atoms with E-state index >= 15 is 0 Å². The second kappa shape index (κ2) is 6.72. The van der Waals surface area contributed by atoms with Crippen molar-refractivity contribution < 1.29 is 14.7 Å². The Hall–Kier alpha value is -1.88. The van der Waals surface area contributed by atoms with Crippen LogP contribution in [0.15, 0.2) is 24.3 Å². The fourth-order valence-corrected chi connectivity index (χ4v) is 2.83. The van der Waals surface area contributed by atoms with Crippen LogP contribution in [0.1, 0.15) is 54.4 Å². The molecule has 0 atom stereocenters. The van der Waals surface area contributed by atoms with Gasteiger partial charge in [-0.1, -0.05) is 31.4 Å². The van der Waals surface area contributed by atoms with Crippen molar-refractivity contribution in [3.63, 3.8) is 0 Å². The van der Waals surface area contributed by atoms with Gasteiger partial charge in [0.2, 0.25) is 5.91 Å². The Labute approximate surface area is 124 Å². The molecule has 5 nitrogen and oxygen atoms in total. The summed E-state index contributed by atoms with van der Waals surface area (Å²) in [6.07, 6.45) is 5.51. The van der Waals surface area contributed by atoms with Gasteiger partial charge in [0.05, 0.1) is 5.56 Å². The van der Waals surface area contributed by atoms with Gasteiger partial charge in [0, 0.05) is 18.5 Å². The molecule has 0 unspecified atom stereocenters. The van der Waals surface area contributed by atoms with E-state index < -0.39 is 5.97 Å². The molecule has 1 saturated carbocycles. The summed E-state index contributed by atoms with van der Waals surface area (Å²) in [4.78, 5) is 22.9. The molecule has 0 aromatic heterocycles. The molecule has 0 heterocycles. The zero-order valence-electron chi connectivity index (χ0n) is 12.1. The number of nitrogens with one attached hydrogen (secondary N) is 1. The third kappa shape index (κ3) is 4.56. The highest BCUT2D eigenvalue weighted by Gasteiger charge is 2.29. The third-order valence-corrected chi connectivity index (χ3v) is 4.03. The first-order chi connectivity index (χ1) is 9.98. The molecular weight excluding hydrogens is 268 g/mol. The van der Waals surface area contributed by atoms with Crippen LogP contribution in [0.2, 0.25) is 0 Å². The lowest BCUT2D eigenvalue weighted by atomic mass is 9.80. The average Bonchev–Trinajstić information content (AvgIpc) is 2.46. The van der Waals surface area contributed by atoms with Gasteiger partial charge in [-0.25, -0.2) is 4.79 Å². The van der Waals surface area contributed by atoms with E-state index in [1.807, 2.05) is 0 Å². The number of hydrogen-bond acceptors (Lipinski definition) is 3. The Morgan fingerprint density at radius 3 is 2.62 bits per heavy atom. The van der Waals surface area contributed by atoms with Crippen LogP contribution in [-0.2, 0) is 11.3 Å². The second-order valence-electron chi connectivity index (χ2n) is 5.88. The first kappa shape index (κ1) is 15.5. The Bertz CT molecular complexity index is 522. The summed E-state index contributed by atoms with van der Waals surface area (Å²) in [7, 11) is 0. The maximum absolute atomic E-state index is 12.0. The summed E-state index contributed by atoms with van der Waals surface area (Å²) >= 11 is 0. The molecule has 0 saturated heterocycles. The number of carbonyl (C=O) groups excluding carboxylic acids is 1. The number of rotatable bonds is 5. The first-order valence-corrected chi connectivity index (χ1v) is 7.36. The van der Waals surface area contributed by atoms with Crippen molar-refractivity contribution in [1.29, 1.82) is 0 Å². The molecule has 4 N–H and O–H groups in total. The van der Waals surface area contributed by atoms with Crippen LogP contribution in [0.25, 0.3) is 0 Å². The van der Waals surface area contributed by atoms with Crippen molar-refractivity contribution in [3.05, 3.63) is 35.4 Å². The Balaban J connectivity index is 1.86. The standard InChI is InChI=1S/C16H22N2O3/c17-16(7-2-1-3-8-16)10-14(19)18-11-12-5-4-6-13(9-12)15(20)21/h4-6,9H,1-3,7-8,10-11,17H2,(H,18,19)(H,20,21). The molecular formula is C16H22N2O3. The molecule has 114 valence electrons. The van der Waals surface area contributed by atoms with Crippen LogP contribution in [-0.4, -0.2) is 22.5 Å². The predicted molar refractivity (Wildman–Crippen MR) is 79.9 cm³/mol. The highest BCUT2D eigenvalue weighted by atomic mass is 16.4. The minimum Gasteiger partial charge on any atom is -0.478 e. The fraction of sp³-hybridized carbons (Fsp3) is 0.500. The number of carboxylic acid groups (broad SMARTS) is 1. The zero-order valence-corrected chi connectivity index (χ0v) is 12.1. The van der Waals surface area contributed by atoms with Gasteiger partial charge >= 0.3 is 5.97 Å². The van der Waals surface area contributed by atoms with E-state index in [4.69, 9.17) is 10.8 Å². The number of nitrogens with two attached hydrogens (primary N) is 1. The Morgan fingerprint density at radius 2 is 1.95 bits per heavy atom. The monoisotopic (exact) mass is 290 g/mol. The summed E-state index contributed by atoms with van der Waals surface area (Å²) in [5.74, 6) is -1.04. The lowest BCUT2D eigenvalue weighted by molar-refractivity contribution is -0.122. The predicted octanol–water partition coefficient (Wildman–Crippen LogP) is 2.05. The number of hydrogen-bond donors (Lipinski definition) is 3. The van der Waals surface area contributed by atoms with Crippen LogP contribution in [0, 0.1) is 0 Å². The van der Waals surface area contributed by atoms with Crippen molar-refractivity contribution >= 4 is 11.9 Å². The molecule has 2 rings (SSSR count). The molecule has 0 bridgehead atoms. The fourth-order valence-electron chi connectivity index (χ4n) is 2.83. The van der Waals surface area contributed by atoms with E-state index in [0.29, 0.717) is 13.0 Å². The van der Waals surface area contributed by atoms with Crippen molar-refractivity contribution in [2.24, 2.45) is 5.73 Å². The molecule has 0 aliphatic heterocycles. The van der Waals surface area contributed by atoms with Crippen LogP contribution in [0.4, 0.5) is 0 Å². The molecule has 0 radical (unpaired) electrons. The van der Waals surface area contributed by atoms with Gasteiger partial charge in [-0.15, -0.1) is 0 Å². The summed E-state index contributed by atoms with van der Waals surface area (Å²) in [5, 5.41) is 11.8. The molecule has 1 aromatic rings. The van der Waals surface area contributed by atoms with Crippen molar-refractivity contribution in [2.45, 2.75) is 50.6 Å². The Morgan fingerprint density at radius 1 is 1.24 bits per heavy atom. The molecule has 0 spiro atoms. The molecule has 21 heavy (non-hydrogen) atoms. The van der Waals surface area contributed by atoms with Gasteiger partial charge in [-0.3, -0.25) is 4.79 Å². The lowest BCUT2D eigenvalue weighted by Crippen LogP contribution is -2.45. The summed E-state index contributed by atoms with van der Waals surface area (Å²) in [6, 6.07) is 6.58. The van der Waals surface area contributed by atoms with Crippen LogP contribution in [0.5, 0.6) is 0 Å². The topological polar surface area (TPSA) is 92.4 Å². The second-order valence-corrected chi connectivity index (χ2v) is 5.88. The minimum atomic E-state index is -0.966. The number of carbonyl (C=O) groups is 2. The van der Waals surface area contributed by atoms with Crippen molar-refractivity contribution in [3.8, 4) is 0 Å². The maximum Gasteiger partial charge on any atom is 0.335 e. The van der Waals surface area contributed by atoms with Crippen LogP contribution < -0.4 is 11.1 Å². The average molecular weight is 290 g/mol. The van der Waals surface area contributed by atoms with E-state index in [0.717, 1.165) is 31.2 Å². The zero-order chi connectivity index (χ0) is 15.3. The molecule has 1 aliphatic carbocycles. The van der Waals surface area contributed by atoms with Gasteiger partial charge < -0.3 is 16.2 Å². The lowest BCUT2D eigenvalue weighted by Gasteiger charge is -2.32. The number of amides is 1. The minimum absolute atomic E-state index is 0.0693. The first-order valence-electron chi connectivity index (χ1n) is 7.36. The van der Waals surface area contributed by atoms with E-state index in [9.17, 15) is 9.59 Å². The number of benzene rings is 1.